The zero-order chi connectivity index (χ0) is 16.4. The van der Waals surface area contributed by atoms with Crippen molar-refractivity contribution in [3.8, 4) is 11.1 Å². The van der Waals surface area contributed by atoms with Crippen molar-refractivity contribution in [1.82, 2.24) is 4.98 Å². The number of nitrogens with zero attached hydrogens (tertiary/aromatic N) is 1. The van der Waals surface area contributed by atoms with E-state index in [0.717, 1.165) is 13.2 Å². The van der Waals surface area contributed by atoms with E-state index in [0.29, 0.717) is 0 Å². The van der Waals surface area contributed by atoms with E-state index in [-0.39, 0.29) is 22.4 Å². The molecule has 0 aliphatic heterocycles. The first-order chi connectivity index (χ1) is 10.4. The molecule has 1 aromatic heterocycles. The van der Waals surface area contributed by atoms with Crippen LogP contribution < -0.4 is 5.73 Å². The molecule has 0 saturated carbocycles. The van der Waals surface area contributed by atoms with Gasteiger partial charge in [0.05, 0.1) is 18.4 Å². The van der Waals surface area contributed by atoms with E-state index in [1.54, 1.807) is 0 Å². The second kappa shape index (κ2) is 6.07. The number of carbonyl (C=O) groups excluding carboxylic acids is 2. The summed E-state index contributed by atoms with van der Waals surface area (Å²) in [7, 11) is 1.10. The highest BCUT2D eigenvalue weighted by Crippen LogP contribution is 2.34. The van der Waals surface area contributed by atoms with Gasteiger partial charge in [0, 0.05) is 5.56 Å². The second-order valence-corrected chi connectivity index (χ2v) is 4.56. The van der Waals surface area contributed by atoms with Gasteiger partial charge in [-0.05, 0) is 17.7 Å². The minimum Gasteiger partial charge on any atom is -0.464 e. The third kappa shape index (κ3) is 2.75. The molecule has 0 aliphatic rings. The molecule has 1 heterocycles. The summed E-state index contributed by atoms with van der Waals surface area (Å²) >= 11 is 5.57. The van der Waals surface area contributed by atoms with Crippen molar-refractivity contribution in [3.63, 3.8) is 0 Å². The van der Waals surface area contributed by atoms with Crippen LogP contribution in [0.3, 0.4) is 0 Å². The Bertz CT molecular complexity index is 781. The molecule has 0 bridgehead atoms. The monoisotopic (exact) mass is 326 g/mol. The van der Waals surface area contributed by atoms with Gasteiger partial charge in [-0.1, -0.05) is 23.7 Å². The molecule has 0 unspecified atom stereocenters. The number of carbonyl (C=O) groups is 2. The molecule has 2 rings (SSSR count). The molecular weight excluding hydrogens is 318 g/mol. The lowest BCUT2D eigenvalue weighted by molar-refractivity contribution is 0.0594. The van der Waals surface area contributed by atoms with Crippen molar-refractivity contribution >= 4 is 29.3 Å². The number of nitrogen functional groups attached to an aromatic ring is 1. The van der Waals surface area contributed by atoms with Crippen LogP contribution in [0.4, 0.5) is 14.5 Å². The number of aromatic nitrogens is 1. The van der Waals surface area contributed by atoms with Crippen molar-refractivity contribution in [1.29, 1.82) is 0 Å². The molecule has 22 heavy (non-hydrogen) atoms. The van der Waals surface area contributed by atoms with Crippen molar-refractivity contribution in [2.45, 2.75) is 0 Å². The minimum atomic E-state index is -1.68. The van der Waals surface area contributed by atoms with Crippen LogP contribution in [0.25, 0.3) is 11.1 Å². The van der Waals surface area contributed by atoms with Crippen molar-refractivity contribution in [2.24, 2.45) is 0 Å². The van der Waals surface area contributed by atoms with E-state index in [2.05, 4.69) is 9.72 Å². The molecule has 2 aromatic rings. The van der Waals surface area contributed by atoms with Gasteiger partial charge in [0.15, 0.2) is 16.7 Å². The number of methoxy groups -OCH3 is 1. The highest BCUT2D eigenvalue weighted by atomic mass is 35.5. The first kappa shape index (κ1) is 15.8. The van der Waals surface area contributed by atoms with E-state index in [1.165, 1.54) is 18.2 Å². The molecule has 0 fully saturated rings. The van der Waals surface area contributed by atoms with Crippen LogP contribution >= 0.6 is 11.6 Å². The van der Waals surface area contributed by atoms with Crippen LogP contribution in [0.15, 0.2) is 24.3 Å². The van der Waals surface area contributed by atoms with E-state index in [1.807, 2.05) is 0 Å². The van der Waals surface area contributed by atoms with Crippen molar-refractivity contribution in [3.05, 3.63) is 46.5 Å². The molecule has 5 nitrogen and oxygen atoms in total. The van der Waals surface area contributed by atoms with Crippen molar-refractivity contribution < 1.29 is 23.1 Å². The Labute approximate surface area is 128 Å². The van der Waals surface area contributed by atoms with Crippen molar-refractivity contribution in [2.75, 3.05) is 12.8 Å². The lowest BCUT2D eigenvalue weighted by Gasteiger charge is -2.12. The van der Waals surface area contributed by atoms with Gasteiger partial charge in [-0.15, -0.1) is 0 Å². The number of hydrogen-bond donors (Lipinski definition) is 1. The Kier molecular flexibility index (Phi) is 4.37. The van der Waals surface area contributed by atoms with Gasteiger partial charge >= 0.3 is 12.0 Å². The van der Waals surface area contributed by atoms with Crippen LogP contribution in [0.1, 0.15) is 20.8 Å². The fourth-order valence-electron chi connectivity index (χ4n) is 1.89. The topological polar surface area (TPSA) is 82.3 Å². The largest absolute Gasteiger partial charge is 0.464 e. The Morgan fingerprint density at radius 3 is 2.64 bits per heavy atom. The van der Waals surface area contributed by atoms with Gasteiger partial charge in [-0.3, -0.25) is 4.79 Å². The average Bonchev–Trinajstić information content (AvgIpc) is 2.51. The summed E-state index contributed by atoms with van der Waals surface area (Å²) in [6.07, 6.45) is 0. The smallest absolute Gasteiger partial charge is 0.357 e. The summed E-state index contributed by atoms with van der Waals surface area (Å²) in [5.41, 5.74) is 4.58. The Hall–Kier alpha value is -2.54. The van der Waals surface area contributed by atoms with Gasteiger partial charge in [0.2, 0.25) is 0 Å². The van der Waals surface area contributed by atoms with E-state index < -0.39 is 28.7 Å². The quantitative estimate of drug-likeness (QED) is 0.532. The number of rotatable bonds is 3. The molecule has 0 radical (unpaired) electrons. The molecule has 2 N–H and O–H groups in total. The number of nitrogens with two attached hydrogens (primary N) is 1. The number of pyridine rings is 1. The fraction of sp³-hybridized carbons (Fsp3) is 0.0714. The average molecular weight is 327 g/mol. The molecule has 0 atom stereocenters. The highest BCUT2D eigenvalue weighted by Gasteiger charge is 2.24. The SMILES string of the molecule is COC(=O)c1nc(Cl)c(F)c(N)c1-c1cccc(C(=O)F)c1. The van der Waals surface area contributed by atoms with Crippen LogP contribution in [0.5, 0.6) is 0 Å². The first-order valence-corrected chi connectivity index (χ1v) is 6.27. The van der Waals surface area contributed by atoms with Gasteiger partial charge in [0.1, 0.15) is 0 Å². The summed E-state index contributed by atoms with van der Waals surface area (Å²) in [5, 5.41) is -0.598. The standard InChI is InChI=1S/C14H9ClF2N2O3/c1-22-14(21)11-8(10(18)9(16)12(15)19-11)6-3-2-4-7(5-6)13(17)20/h2-5H,1H3,(H2,18,19). The predicted molar refractivity (Wildman–Crippen MR) is 75.8 cm³/mol. The zero-order valence-electron chi connectivity index (χ0n) is 11.2. The normalized spacial score (nSPS) is 10.4. The zero-order valence-corrected chi connectivity index (χ0v) is 11.9. The third-order valence-electron chi connectivity index (χ3n) is 2.89. The minimum absolute atomic E-state index is 0.128. The molecule has 114 valence electrons. The lowest BCUT2D eigenvalue weighted by Crippen LogP contribution is -2.11. The summed E-state index contributed by atoms with van der Waals surface area (Å²) in [6.45, 7) is 0. The maximum Gasteiger partial charge on any atom is 0.357 e. The summed E-state index contributed by atoms with van der Waals surface area (Å²) in [4.78, 5) is 26.2. The maximum atomic E-state index is 13.9. The number of ether oxygens (including phenoxy) is 1. The summed E-state index contributed by atoms with van der Waals surface area (Å²) in [5.74, 6) is -1.93. The predicted octanol–water partition coefficient (Wildman–Crippen LogP) is 3.02. The number of hydrogen-bond acceptors (Lipinski definition) is 5. The van der Waals surface area contributed by atoms with Crippen LogP contribution in [0, 0.1) is 5.82 Å². The number of benzene rings is 1. The Morgan fingerprint density at radius 1 is 1.36 bits per heavy atom. The van der Waals surface area contributed by atoms with Gasteiger partial charge in [-0.2, -0.15) is 4.39 Å². The number of esters is 1. The molecule has 0 spiro atoms. The Balaban J connectivity index is 2.78. The lowest BCUT2D eigenvalue weighted by atomic mass is 9.99. The number of halogens is 3. The number of anilines is 1. The van der Waals surface area contributed by atoms with Gasteiger partial charge in [-0.25, -0.2) is 14.2 Å². The van der Waals surface area contributed by atoms with Gasteiger partial charge < -0.3 is 10.5 Å². The molecule has 8 heteroatoms. The van der Waals surface area contributed by atoms with Crippen LogP contribution in [-0.2, 0) is 4.74 Å². The van der Waals surface area contributed by atoms with Crippen LogP contribution in [0.2, 0.25) is 5.15 Å². The highest BCUT2D eigenvalue weighted by molar-refractivity contribution is 6.30. The third-order valence-corrected chi connectivity index (χ3v) is 3.14. The molecule has 0 amide bonds. The first-order valence-electron chi connectivity index (χ1n) is 5.89. The molecule has 0 aliphatic carbocycles. The Morgan fingerprint density at radius 2 is 2.05 bits per heavy atom. The summed E-state index contributed by atoms with van der Waals surface area (Å²) < 4.78 is 31.2. The van der Waals surface area contributed by atoms with E-state index in [9.17, 15) is 18.4 Å². The van der Waals surface area contributed by atoms with Crippen LogP contribution in [-0.4, -0.2) is 24.1 Å². The molecular formula is C14H9ClF2N2O3. The van der Waals surface area contributed by atoms with E-state index in [4.69, 9.17) is 17.3 Å². The van der Waals surface area contributed by atoms with E-state index >= 15 is 0 Å². The maximum absolute atomic E-state index is 13.9. The second-order valence-electron chi connectivity index (χ2n) is 4.20. The molecule has 0 saturated heterocycles. The molecule has 1 aromatic carbocycles. The van der Waals surface area contributed by atoms with Gasteiger partial charge in [0.25, 0.3) is 0 Å². The fourth-order valence-corrected chi connectivity index (χ4v) is 2.07. The summed E-state index contributed by atoms with van der Waals surface area (Å²) in [6, 6.07) is 3.44.